The quantitative estimate of drug-likeness (QED) is 0.273. The second-order valence-electron chi connectivity index (χ2n) is 5.89. The third-order valence-corrected chi connectivity index (χ3v) is 3.72. The third kappa shape index (κ3) is 20.8. The standard InChI is InChI=1S/C18H34O3.K/c1-2-3-4-5-6-7-8-9-11-14-17(19)15-12-10-13-16-18(20)21;/h9,11,17,19H,2-8,10,12-16H2,1H3,(H,20,21);/q;+1/p-1/b11-9-;. The number of aliphatic hydroxyl groups excluding tert-OH is 1. The average Bonchev–Trinajstić information content (AvgIpc) is 2.45. The van der Waals surface area contributed by atoms with Gasteiger partial charge >= 0.3 is 51.4 Å². The Labute approximate surface area is 179 Å². The smallest absolute Gasteiger partial charge is 0.550 e. The van der Waals surface area contributed by atoms with E-state index in [9.17, 15) is 15.0 Å². The summed E-state index contributed by atoms with van der Waals surface area (Å²) in [5, 5.41) is 20.0. The van der Waals surface area contributed by atoms with Gasteiger partial charge in [-0.1, -0.05) is 64.0 Å². The number of hydrogen-bond donors (Lipinski definition) is 1. The Bertz CT molecular complexity index is 267. The first kappa shape index (κ1) is 25.1. The minimum Gasteiger partial charge on any atom is -0.550 e. The van der Waals surface area contributed by atoms with E-state index in [2.05, 4.69) is 19.1 Å². The maximum Gasteiger partial charge on any atom is 1.00 e. The van der Waals surface area contributed by atoms with Gasteiger partial charge in [0, 0.05) is 5.97 Å². The van der Waals surface area contributed by atoms with Crippen molar-refractivity contribution in [3.8, 4) is 0 Å². The van der Waals surface area contributed by atoms with Crippen LogP contribution < -0.4 is 56.5 Å². The predicted molar refractivity (Wildman–Crippen MR) is 85.8 cm³/mol. The van der Waals surface area contributed by atoms with Crippen LogP contribution >= 0.6 is 0 Å². The zero-order valence-corrected chi connectivity index (χ0v) is 17.8. The number of aliphatic hydroxyl groups is 1. The van der Waals surface area contributed by atoms with Crippen LogP contribution in [0.1, 0.15) is 90.4 Å². The Balaban J connectivity index is 0. The van der Waals surface area contributed by atoms with Gasteiger partial charge in [-0.05, 0) is 38.5 Å². The van der Waals surface area contributed by atoms with E-state index in [-0.39, 0.29) is 63.9 Å². The Kier molecular flexibility index (Phi) is 22.6. The van der Waals surface area contributed by atoms with Crippen LogP contribution in [0.3, 0.4) is 0 Å². The van der Waals surface area contributed by atoms with E-state index in [4.69, 9.17) is 0 Å². The molecule has 0 aromatic rings. The molecule has 22 heavy (non-hydrogen) atoms. The summed E-state index contributed by atoms with van der Waals surface area (Å²) in [6.07, 6.45) is 17.0. The fraction of sp³-hybridized carbons (Fsp3) is 0.833. The monoisotopic (exact) mass is 336 g/mol. The van der Waals surface area contributed by atoms with Gasteiger partial charge in [0.15, 0.2) is 0 Å². The maximum absolute atomic E-state index is 10.2. The molecule has 1 N–H and O–H groups in total. The number of carbonyl (C=O) groups is 1. The van der Waals surface area contributed by atoms with Crippen molar-refractivity contribution >= 4 is 5.97 Å². The fourth-order valence-electron chi connectivity index (χ4n) is 2.36. The van der Waals surface area contributed by atoms with E-state index in [1.165, 1.54) is 38.5 Å². The SMILES string of the molecule is CCCCCCCC/C=C\CC(O)CCCCCC(=O)[O-].[K+]. The number of unbranched alkanes of at least 4 members (excludes halogenated alkanes) is 8. The number of aliphatic carboxylic acids is 1. The summed E-state index contributed by atoms with van der Waals surface area (Å²) in [5.74, 6) is -0.979. The van der Waals surface area contributed by atoms with Crippen LogP contribution in [0, 0.1) is 0 Å². The minimum atomic E-state index is -0.979. The molecule has 3 nitrogen and oxygen atoms in total. The molecule has 0 amide bonds. The Morgan fingerprint density at radius 3 is 2.32 bits per heavy atom. The average molecular weight is 337 g/mol. The first-order valence-electron chi connectivity index (χ1n) is 8.69. The summed E-state index contributed by atoms with van der Waals surface area (Å²) in [6.45, 7) is 2.23. The van der Waals surface area contributed by atoms with Gasteiger partial charge < -0.3 is 15.0 Å². The topological polar surface area (TPSA) is 60.4 Å². The van der Waals surface area contributed by atoms with Gasteiger partial charge in [-0.15, -0.1) is 0 Å². The molecule has 0 fully saturated rings. The Morgan fingerprint density at radius 1 is 1.00 bits per heavy atom. The zero-order chi connectivity index (χ0) is 15.8. The predicted octanol–water partition coefficient (Wildman–Crippen LogP) is 0.749. The van der Waals surface area contributed by atoms with Gasteiger partial charge in [0.1, 0.15) is 0 Å². The second-order valence-corrected chi connectivity index (χ2v) is 5.89. The van der Waals surface area contributed by atoms with Crippen molar-refractivity contribution in [2.24, 2.45) is 0 Å². The summed E-state index contributed by atoms with van der Waals surface area (Å²) in [5.41, 5.74) is 0. The van der Waals surface area contributed by atoms with E-state index in [0.29, 0.717) is 6.42 Å². The van der Waals surface area contributed by atoms with E-state index < -0.39 is 5.97 Å². The van der Waals surface area contributed by atoms with Crippen LogP contribution in [-0.2, 0) is 4.79 Å². The molecule has 1 atom stereocenters. The largest absolute Gasteiger partial charge is 1.00 e. The zero-order valence-electron chi connectivity index (χ0n) is 14.7. The molecule has 124 valence electrons. The van der Waals surface area contributed by atoms with Crippen molar-refractivity contribution in [2.45, 2.75) is 96.5 Å². The molecule has 0 aromatic carbocycles. The van der Waals surface area contributed by atoms with Crippen molar-refractivity contribution in [1.82, 2.24) is 0 Å². The van der Waals surface area contributed by atoms with Crippen LogP contribution in [0.15, 0.2) is 12.2 Å². The molecule has 0 aliphatic carbocycles. The molecule has 0 bridgehead atoms. The van der Waals surface area contributed by atoms with Crippen molar-refractivity contribution < 1.29 is 66.4 Å². The molecule has 0 aliphatic rings. The minimum absolute atomic E-state index is 0. The molecular weight excluding hydrogens is 303 g/mol. The van der Waals surface area contributed by atoms with Crippen LogP contribution in [0.5, 0.6) is 0 Å². The number of carbonyl (C=O) groups excluding carboxylic acids is 1. The van der Waals surface area contributed by atoms with Crippen molar-refractivity contribution in [1.29, 1.82) is 0 Å². The van der Waals surface area contributed by atoms with Gasteiger partial charge in [0.05, 0.1) is 6.10 Å². The summed E-state index contributed by atoms with van der Waals surface area (Å²) >= 11 is 0. The van der Waals surface area contributed by atoms with Crippen molar-refractivity contribution in [3.05, 3.63) is 12.2 Å². The molecule has 1 unspecified atom stereocenters. The van der Waals surface area contributed by atoms with Gasteiger partial charge in [-0.2, -0.15) is 0 Å². The molecule has 0 radical (unpaired) electrons. The van der Waals surface area contributed by atoms with E-state index in [0.717, 1.165) is 32.1 Å². The van der Waals surface area contributed by atoms with Gasteiger partial charge in [0.2, 0.25) is 0 Å². The third-order valence-electron chi connectivity index (χ3n) is 3.72. The molecule has 0 spiro atoms. The van der Waals surface area contributed by atoms with E-state index in [1.807, 2.05) is 0 Å². The normalized spacial score (nSPS) is 12.3. The van der Waals surface area contributed by atoms with Gasteiger partial charge in [-0.3, -0.25) is 0 Å². The maximum atomic E-state index is 10.2. The molecular formula is C18H33KO3. The summed E-state index contributed by atoms with van der Waals surface area (Å²) in [4.78, 5) is 10.2. The van der Waals surface area contributed by atoms with E-state index >= 15 is 0 Å². The number of rotatable bonds is 15. The first-order chi connectivity index (χ1) is 10.2. The van der Waals surface area contributed by atoms with Crippen LogP contribution in [-0.4, -0.2) is 17.2 Å². The van der Waals surface area contributed by atoms with E-state index in [1.54, 1.807) is 0 Å². The second kappa shape index (κ2) is 19.9. The summed E-state index contributed by atoms with van der Waals surface area (Å²) in [6, 6.07) is 0. The fourth-order valence-corrected chi connectivity index (χ4v) is 2.36. The summed E-state index contributed by atoms with van der Waals surface area (Å²) in [7, 11) is 0. The Hall–Kier alpha value is 0.806. The molecule has 0 saturated carbocycles. The molecule has 0 aromatic heterocycles. The number of allylic oxidation sites excluding steroid dienone is 1. The van der Waals surface area contributed by atoms with Gasteiger partial charge in [-0.25, -0.2) is 0 Å². The molecule has 0 rings (SSSR count). The molecule has 0 heterocycles. The first-order valence-corrected chi connectivity index (χ1v) is 8.69. The molecule has 0 aliphatic heterocycles. The van der Waals surface area contributed by atoms with Crippen molar-refractivity contribution in [3.63, 3.8) is 0 Å². The Morgan fingerprint density at radius 2 is 1.64 bits per heavy atom. The van der Waals surface area contributed by atoms with Gasteiger partial charge in [0.25, 0.3) is 0 Å². The van der Waals surface area contributed by atoms with Crippen molar-refractivity contribution in [2.75, 3.05) is 0 Å². The summed E-state index contributed by atoms with van der Waals surface area (Å²) < 4.78 is 0. The van der Waals surface area contributed by atoms with Crippen LogP contribution in [0.4, 0.5) is 0 Å². The van der Waals surface area contributed by atoms with Crippen LogP contribution in [0.25, 0.3) is 0 Å². The molecule has 0 saturated heterocycles. The molecule has 4 heteroatoms. The number of carboxylic acid groups (broad SMARTS) is 1. The number of carboxylic acids is 1. The number of hydrogen-bond acceptors (Lipinski definition) is 3. The van der Waals surface area contributed by atoms with Crippen LogP contribution in [0.2, 0.25) is 0 Å².